The standard InChI is InChI=1S/C34H29F3N2O4S/c35-34(36,37)28-17-15-27(16-18-28)31(40)39-30(21-23-11-13-26(14-12-23)25-9-5-2-6-10-25)32(41)38-29(33(42)43)19-20-44-22-24-7-3-1-4-8-24/h1-18,21,29H,19-20,22H2,(H,38,41)(H,39,40)(H,42,43)/b30-21+. The summed E-state index contributed by atoms with van der Waals surface area (Å²) in [6.07, 6.45) is -3.06. The van der Waals surface area contributed by atoms with Crippen LogP contribution < -0.4 is 10.6 Å². The lowest BCUT2D eigenvalue weighted by Crippen LogP contribution is -2.44. The number of halogens is 3. The number of benzene rings is 4. The molecule has 0 aliphatic heterocycles. The second-order valence-corrected chi connectivity index (χ2v) is 10.9. The van der Waals surface area contributed by atoms with E-state index < -0.39 is 35.6 Å². The number of nitrogens with one attached hydrogen (secondary N) is 2. The maximum Gasteiger partial charge on any atom is 0.416 e. The topological polar surface area (TPSA) is 95.5 Å². The first-order chi connectivity index (χ1) is 21.1. The van der Waals surface area contributed by atoms with Crippen molar-refractivity contribution in [2.75, 3.05) is 5.75 Å². The molecule has 226 valence electrons. The smallest absolute Gasteiger partial charge is 0.416 e. The molecule has 4 rings (SSSR count). The molecule has 2 amide bonds. The van der Waals surface area contributed by atoms with Gasteiger partial charge >= 0.3 is 12.1 Å². The zero-order valence-corrected chi connectivity index (χ0v) is 24.2. The molecule has 0 bridgehead atoms. The van der Waals surface area contributed by atoms with Crippen molar-refractivity contribution in [2.45, 2.75) is 24.4 Å². The number of carbonyl (C=O) groups is 3. The lowest BCUT2D eigenvalue weighted by Gasteiger charge is -2.17. The normalized spacial score (nSPS) is 12.3. The summed E-state index contributed by atoms with van der Waals surface area (Å²) in [5.74, 6) is -1.79. The van der Waals surface area contributed by atoms with E-state index in [4.69, 9.17) is 0 Å². The largest absolute Gasteiger partial charge is 0.480 e. The molecule has 0 aliphatic rings. The van der Waals surface area contributed by atoms with Crippen molar-refractivity contribution in [1.82, 2.24) is 10.6 Å². The van der Waals surface area contributed by atoms with E-state index in [1.807, 2.05) is 72.8 Å². The number of carboxylic acids is 1. The van der Waals surface area contributed by atoms with Crippen molar-refractivity contribution in [3.8, 4) is 11.1 Å². The molecule has 0 radical (unpaired) electrons. The first-order valence-corrected chi connectivity index (χ1v) is 14.8. The molecule has 0 aromatic heterocycles. The highest BCUT2D eigenvalue weighted by molar-refractivity contribution is 7.98. The van der Waals surface area contributed by atoms with Gasteiger partial charge in [-0.15, -0.1) is 0 Å². The van der Waals surface area contributed by atoms with Crippen molar-refractivity contribution < 1.29 is 32.7 Å². The molecule has 3 N–H and O–H groups in total. The van der Waals surface area contributed by atoms with E-state index in [9.17, 15) is 32.7 Å². The third kappa shape index (κ3) is 9.34. The summed E-state index contributed by atoms with van der Waals surface area (Å²) in [7, 11) is 0. The van der Waals surface area contributed by atoms with Gasteiger partial charge in [0.25, 0.3) is 11.8 Å². The Balaban J connectivity index is 1.52. The highest BCUT2D eigenvalue weighted by Gasteiger charge is 2.30. The van der Waals surface area contributed by atoms with Crippen LogP contribution in [0, 0.1) is 0 Å². The maximum absolute atomic E-state index is 13.3. The molecule has 0 fully saturated rings. The average molecular weight is 619 g/mol. The van der Waals surface area contributed by atoms with Crippen molar-refractivity contribution >= 4 is 35.6 Å². The summed E-state index contributed by atoms with van der Waals surface area (Å²) >= 11 is 1.52. The third-order valence-electron chi connectivity index (χ3n) is 6.56. The van der Waals surface area contributed by atoms with Gasteiger partial charge in [0.05, 0.1) is 5.56 Å². The summed E-state index contributed by atoms with van der Waals surface area (Å²) < 4.78 is 39.0. The first kappa shape index (κ1) is 32.1. The van der Waals surface area contributed by atoms with Gasteiger partial charge in [-0.1, -0.05) is 84.9 Å². The maximum atomic E-state index is 13.3. The van der Waals surface area contributed by atoms with E-state index in [2.05, 4.69) is 10.6 Å². The van der Waals surface area contributed by atoms with Gasteiger partial charge in [-0.05, 0) is 64.8 Å². The molecule has 0 saturated heterocycles. The molecule has 0 spiro atoms. The molecule has 4 aromatic carbocycles. The van der Waals surface area contributed by atoms with E-state index in [1.165, 1.54) is 17.8 Å². The van der Waals surface area contributed by atoms with E-state index in [0.29, 0.717) is 17.1 Å². The molecule has 44 heavy (non-hydrogen) atoms. The summed E-state index contributed by atoms with van der Waals surface area (Å²) in [6, 6.07) is 28.7. The number of thioether (sulfide) groups is 1. The van der Waals surface area contributed by atoms with E-state index >= 15 is 0 Å². The number of hydrogen-bond donors (Lipinski definition) is 3. The van der Waals surface area contributed by atoms with Crippen LogP contribution in [0.15, 0.2) is 115 Å². The van der Waals surface area contributed by atoms with E-state index in [-0.39, 0.29) is 17.7 Å². The third-order valence-corrected chi connectivity index (χ3v) is 7.62. The lowest BCUT2D eigenvalue weighted by molar-refractivity contribution is -0.141. The van der Waals surface area contributed by atoms with Crippen LogP contribution in [0.4, 0.5) is 13.2 Å². The molecular weight excluding hydrogens is 589 g/mol. The SMILES string of the molecule is O=C(NC(CCSCc1ccccc1)C(=O)O)/C(=C\c1ccc(-c2ccccc2)cc1)NC(=O)c1ccc(C(F)(F)F)cc1. The summed E-state index contributed by atoms with van der Waals surface area (Å²) in [4.78, 5) is 38.3. The lowest BCUT2D eigenvalue weighted by atomic mass is 10.0. The van der Waals surface area contributed by atoms with E-state index in [0.717, 1.165) is 41.0 Å². The highest BCUT2D eigenvalue weighted by atomic mass is 32.2. The average Bonchev–Trinajstić information content (AvgIpc) is 3.03. The molecule has 1 atom stereocenters. The van der Waals surface area contributed by atoms with Gasteiger partial charge in [-0.2, -0.15) is 24.9 Å². The number of alkyl halides is 3. The minimum Gasteiger partial charge on any atom is -0.480 e. The first-order valence-electron chi connectivity index (χ1n) is 13.6. The van der Waals surface area contributed by atoms with Gasteiger partial charge in [-0.25, -0.2) is 4.79 Å². The van der Waals surface area contributed by atoms with Crippen molar-refractivity contribution in [1.29, 1.82) is 0 Å². The second-order valence-electron chi connectivity index (χ2n) is 9.77. The summed E-state index contributed by atoms with van der Waals surface area (Å²) in [5, 5.41) is 14.7. The van der Waals surface area contributed by atoms with Gasteiger partial charge in [-0.3, -0.25) is 9.59 Å². The molecule has 10 heteroatoms. The van der Waals surface area contributed by atoms with Gasteiger partial charge in [0.1, 0.15) is 11.7 Å². The van der Waals surface area contributed by atoms with Crippen LogP contribution in [0.2, 0.25) is 0 Å². The predicted molar refractivity (Wildman–Crippen MR) is 166 cm³/mol. The molecule has 0 aliphatic carbocycles. The monoisotopic (exact) mass is 618 g/mol. The number of hydrogen-bond acceptors (Lipinski definition) is 4. The molecule has 6 nitrogen and oxygen atoms in total. The van der Waals surface area contributed by atoms with Gasteiger partial charge in [0.15, 0.2) is 0 Å². The van der Waals surface area contributed by atoms with Crippen LogP contribution in [0.25, 0.3) is 17.2 Å². The molecule has 0 saturated carbocycles. The van der Waals surface area contributed by atoms with Crippen LogP contribution in [-0.2, 0) is 21.5 Å². The second kappa shape index (κ2) is 15.1. The van der Waals surface area contributed by atoms with Crippen LogP contribution in [0.5, 0.6) is 0 Å². The fourth-order valence-corrected chi connectivity index (χ4v) is 5.17. The van der Waals surface area contributed by atoms with Crippen molar-refractivity contribution in [2.24, 2.45) is 0 Å². The van der Waals surface area contributed by atoms with Crippen LogP contribution in [0.1, 0.15) is 33.5 Å². The minimum absolute atomic E-state index is 0.108. The Kier molecular flexibility index (Phi) is 11.0. The molecule has 0 heterocycles. The fourth-order valence-electron chi connectivity index (χ4n) is 4.19. The summed E-state index contributed by atoms with van der Waals surface area (Å²) in [5.41, 5.74) is 2.23. The Bertz CT molecular complexity index is 1590. The number of carboxylic acid groups (broad SMARTS) is 1. The summed E-state index contributed by atoms with van der Waals surface area (Å²) in [6.45, 7) is 0. The zero-order chi connectivity index (χ0) is 31.5. The Morgan fingerprint density at radius 1 is 0.795 bits per heavy atom. The van der Waals surface area contributed by atoms with E-state index in [1.54, 1.807) is 12.1 Å². The molecular formula is C34H29F3N2O4S. The van der Waals surface area contributed by atoms with Crippen LogP contribution in [-0.4, -0.2) is 34.7 Å². The fraction of sp³-hybridized carbons (Fsp3) is 0.147. The van der Waals surface area contributed by atoms with Gasteiger partial charge < -0.3 is 15.7 Å². The number of rotatable bonds is 12. The molecule has 1 unspecified atom stereocenters. The number of carbonyl (C=O) groups excluding carboxylic acids is 2. The van der Waals surface area contributed by atoms with Gasteiger partial charge in [0, 0.05) is 11.3 Å². The Labute approximate surface area is 257 Å². The highest BCUT2D eigenvalue weighted by Crippen LogP contribution is 2.29. The Morgan fingerprint density at radius 2 is 1.39 bits per heavy atom. The Hall–Kier alpha value is -4.83. The molecule has 4 aromatic rings. The Morgan fingerprint density at radius 3 is 1.98 bits per heavy atom. The minimum atomic E-state index is -4.57. The van der Waals surface area contributed by atoms with Gasteiger partial charge in [0.2, 0.25) is 0 Å². The van der Waals surface area contributed by atoms with Crippen LogP contribution >= 0.6 is 11.8 Å². The van der Waals surface area contributed by atoms with Crippen LogP contribution in [0.3, 0.4) is 0 Å². The number of amides is 2. The quantitative estimate of drug-likeness (QED) is 0.117. The van der Waals surface area contributed by atoms with Crippen molar-refractivity contribution in [3.05, 3.63) is 137 Å². The number of aliphatic carboxylic acids is 1. The predicted octanol–water partition coefficient (Wildman–Crippen LogP) is 7.04. The van der Waals surface area contributed by atoms with Crippen molar-refractivity contribution in [3.63, 3.8) is 0 Å². The zero-order valence-electron chi connectivity index (χ0n) is 23.4.